The van der Waals surface area contributed by atoms with Crippen LogP contribution >= 0.6 is 0 Å². The van der Waals surface area contributed by atoms with Gasteiger partial charge in [-0.25, -0.2) is 34.9 Å². The molecule has 8 aromatic carbocycles. The molecule has 8 nitrogen and oxygen atoms in total. The van der Waals surface area contributed by atoms with Crippen molar-refractivity contribution in [3.8, 4) is 96.5 Å². The van der Waals surface area contributed by atoms with Gasteiger partial charge in [0.1, 0.15) is 5.82 Å². The van der Waals surface area contributed by atoms with Gasteiger partial charge < -0.3 is 0 Å². The van der Waals surface area contributed by atoms with Crippen LogP contribution in [0.2, 0.25) is 0 Å². The van der Waals surface area contributed by atoms with Gasteiger partial charge in [-0.1, -0.05) is 176 Å². The fraction of sp³-hybridized carbons (Fsp3) is 0. The second-order valence-electron chi connectivity index (χ2n) is 15.0. The zero-order valence-electron chi connectivity index (χ0n) is 33.9. The van der Waals surface area contributed by atoms with Gasteiger partial charge in [-0.3, -0.25) is 4.57 Å². The maximum atomic E-state index is 5.13. The van der Waals surface area contributed by atoms with Crippen LogP contribution in [0.5, 0.6) is 0 Å². The van der Waals surface area contributed by atoms with Crippen molar-refractivity contribution in [3.05, 3.63) is 218 Å². The lowest BCUT2D eigenvalue weighted by atomic mass is 9.98. The molecular formula is C55H36N8. The van der Waals surface area contributed by atoms with Crippen molar-refractivity contribution in [1.29, 1.82) is 0 Å². The van der Waals surface area contributed by atoms with Gasteiger partial charge in [0.05, 0.1) is 11.0 Å². The van der Waals surface area contributed by atoms with Crippen molar-refractivity contribution in [2.24, 2.45) is 0 Å². The fourth-order valence-electron chi connectivity index (χ4n) is 7.80. The maximum absolute atomic E-state index is 5.13. The molecule has 0 atom stereocenters. The van der Waals surface area contributed by atoms with E-state index in [-0.39, 0.29) is 0 Å². The van der Waals surface area contributed by atoms with Crippen molar-refractivity contribution >= 4 is 11.0 Å². The Bertz CT molecular complexity index is 3100. The zero-order chi connectivity index (χ0) is 42.0. The average molecular weight is 809 g/mol. The number of hydrogen-bond acceptors (Lipinski definition) is 7. The van der Waals surface area contributed by atoms with Gasteiger partial charge in [0.15, 0.2) is 34.9 Å². The Kier molecular flexibility index (Phi) is 9.68. The molecule has 0 bridgehead atoms. The minimum absolute atomic E-state index is 0.528. The molecule has 3 aromatic heterocycles. The standard InChI is InChI=1S/C55H36N8/c1-6-18-38(19-7-1)49-57-50(39-20-8-2-9-21-39)60-53(59-49)44-34-43(35-45(36-44)54-61-51(40-22-10-3-11-23-40)58-52(62-54)41-24-12-4-13-25-41)37-30-32-46(33-31-37)63-48-29-17-16-28-47(48)56-55(63)42-26-14-5-15-27-42/h1-36H. The topological polar surface area (TPSA) is 95.2 Å². The molecule has 0 unspecified atom stereocenters. The Balaban J connectivity index is 1.11. The Hall–Kier alpha value is -8.75. The predicted octanol–water partition coefficient (Wildman–Crippen LogP) is 12.7. The van der Waals surface area contributed by atoms with Crippen LogP contribution in [0.15, 0.2) is 218 Å². The number of nitrogens with zero attached hydrogens (tertiary/aromatic N) is 8. The van der Waals surface area contributed by atoms with E-state index in [1.807, 2.05) is 146 Å². The molecule has 0 amide bonds. The predicted molar refractivity (Wildman–Crippen MR) is 251 cm³/mol. The molecular weight excluding hydrogens is 773 g/mol. The van der Waals surface area contributed by atoms with Gasteiger partial charge in [0.25, 0.3) is 0 Å². The molecule has 8 heteroatoms. The molecule has 0 spiro atoms. The summed E-state index contributed by atoms with van der Waals surface area (Å²) in [5.41, 5.74) is 11.1. The first-order chi connectivity index (χ1) is 31.2. The highest BCUT2D eigenvalue weighted by Crippen LogP contribution is 2.35. The molecule has 11 aromatic rings. The van der Waals surface area contributed by atoms with Crippen LogP contribution in [-0.4, -0.2) is 39.5 Å². The van der Waals surface area contributed by atoms with Crippen LogP contribution in [0.25, 0.3) is 108 Å². The number of benzene rings is 8. The summed E-state index contributed by atoms with van der Waals surface area (Å²) in [6.07, 6.45) is 0. The quantitative estimate of drug-likeness (QED) is 0.143. The van der Waals surface area contributed by atoms with E-state index in [0.717, 1.165) is 72.6 Å². The van der Waals surface area contributed by atoms with Crippen LogP contribution in [0.4, 0.5) is 0 Å². The summed E-state index contributed by atoms with van der Waals surface area (Å²) in [6.45, 7) is 0. The maximum Gasteiger partial charge on any atom is 0.164 e. The summed E-state index contributed by atoms with van der Waals surface area (Å²) in [5, 5.41) is 0. The summed E-state index contributed by atoms with van der Waals surface area (Å²) in [5.74, 6) is 4.25. The lowest BCUT2D eigenvalue weighted by Gasteiger charge is -2.14. The second kappa shape index (κ2) is 16.4. The van der Waals surface area contributed by atoms with Crippen LogP contribution in [0, 0.1) is 0 Å². The molecule has 0 N–H and O–H groups in total. The van der Waals surface area contributed by atoms with E-state index in [4.69, 9.17) is 34.9 Å². The van der Waals surface area contributed by atoms with Gasteiger partial charge in [-0.2, -0.15) is 0 Å². The van der Waals surface area contributed by atoms with Crippen molar-refractivity contribution in [2.75, 3.05) is 0 Å². The number of hydrogen-bond donors (Lipinski definition) is 0. The summed E-state index contributed by atoms with van der Waals surface area (Å²) in [4.78, 5) is 35.5. The SMILES string of the molecule is c1ccc(-c2nc(-c3ccccc3)nc(-c3cc(-c4ccc(-n5c(-c6ccccc6)nc6ccccc65)cc4)cc(-c4nc(-c5ccccc5)nc(-c5ccccc5)n4)c3)n2)cc1. The molecule has 0 aliphatic heterocycles. The highest BCUT2D eigenvalue weighted by molar-refractivity contribution is 5.84. The Morgan fingerprint density at radius 2 is 0.571 bits per heavy atom. The van der Waals surface area contributed by atoms with E-state index >= 15 is 0 Å². The number of aromatic nitrogens is 8. The molecule has 11 rings (SSSR count). The molecule has 3 heterocycles. The van der Waals surface area contributed by atoms with Gasteiger partial charge in [-0.05, 0) is 53.6 Å². The van der Waals surface area contributed by atoms with Gasteiger partial charge in [0, 0.05) is 44.6 Å². The Morgan fingerprint density at radius 3 is 0.984 bits per heavy atom. The van der Waals surface area contributed by atoms with Crippen molar-refractivity contribution in [1.82, 2.24) is 39.5 Å². The number of fused-ring (bicyclic) bond motifs is 1. The third-order valence-electron chi connectivity index (χ3n) is 10.9. The average Bonchev–Trinajstić information content (AvgIpc) is 3.77. The van der Waals surface area contributed by atoms with E-state index in [9.17, 15) is 0 Å². The number of imidazole rings is 1. The minimum Gasteiger partial charge on any atom is -0.292 e. The third kappa shape index (κ3) is 7.53. The van der Waals surface area contributed by atoms with E-state index in [1.54, 1.807) is 0 Å². The molecule has 296 valence electrons. The van der Waals surface area contributed by atoms with Gasteiger partial charge in [-0.15, -0.1) is 0 Å². The van der Waals surface area contributed by atoms with Crippen molar-refractivity contribution < 1.29 is 0 Å². The second-order valence-corrected chi connectivity index (χ2v) is 15.0. The minimum atomic E-state index is 0.528. The summed E-state index contributed by atoms with van der Waals surface area (Å²) >= 11 is 0. The lowest BCUT2D eigenvalue weighted by Crippen LogP contribution is -2.02. The fourth-order valence-corrected chi connectivity index (χ4v) is 7.80. The Morgan fingerprint density at radius 1 is 0.238 bits per heavy atom. The van der Waals surface area contributed by atoms with Gasteiger partial charge >= 0.3 is 0 Å². The molecule has 63 heavy (non-hydrogen) atoms. The zero-order valence-corrected chi connectivity index (χ0v) is 33.9. The van der Waals surface area contributed by atoms with Crippen molar-refractivity contribution in [3.63, 3.8) is 0 Å². The van der Waals surface area contributed by atoms with Crippen LogP contribution in [0.1, 0.15) is 0 Å². The first kappa shape index (κ1) is 37.3. The highest BCUT2D eigenvalue weighted by Gasteiger charge is 2.19. The monoisotopic (exact) mass is 808 g/mol. The summed E-state index contributed by atoms with van der Waals surface area (Å²) < 4.78 is 2.22. The van der Waals surface area contributed by atoms with Crippen molar-refractivity contribution in [2.45, 2.75) is 0 Å². The van der Waals surface area contributed by atoms with Crippen LogP contribution < -0.4 is 0 Å². The molecule has 0 radical (unpaired) electrons. The molecule has 0 fully saturated rings. The summed E-state index contributed by atoms with van der Waals surface area (Å²) in [6, 6.07) is 73.6. The largest absolute Gasteiger partial charge is 0.292 e. The smallest absolute Gasteiger partial charge is 0.164 e. The van der Waals surface area contributed by atoms with E-state index in [2.05, 4.69) is 77.4 Å². The molecule has 0 saturated carbocycles. The third-order valence-corrected chi connectivity index (χ3v) is 10.9. The highest BCUT2D eigenvalue weighted by atomic mass is 15.1. The van der Waals surface area contributed by atoms with Crippen LogP contribution in [0.3, 0.4) is 0 Å². The molecule has 0 aliphatic carbocycles. The normalized spacial score (nSPS) is 11.2. The molecule has 0 saturated heterocycles. The van der Waals surface area contributed by atoms with E-state index in [1.165, 1.54) is 0 Å². The first-order valence-electron chi connectivity index (χ1n) is 20.7. The number of para-hydroxylation sites is 2. The first-order valence-corrected chi connectivity index (χ1v) is 20.7. The summed E-state index contributed by atoms with van der Waals surface area (Å²) in [7, 11) is 0. The van der Waals surface area contributed by atoms with Gasteiger partial charge in [0.2, 0.25) is 0 Å². The Labute approximate surface area is 364 Å². The van der Waals surface area contributed by atoms with E-state index in [0.29, 0.717) is 34.9 Å². The molecule has 0 aliphatic rings. The van der Waals surface area contributed by atoms with E-state index < -0.39 is 0 Å². The van der Waals surface area contributed by atoms with Crippen LogP contribution in [-0.2, 0) is 0 Å². The number of rotatable bonds is 9. The lowest BCUT2D eigenvalue weighted by molar-refractivity contribution is 1.07.